The van der Waals surface area contributed by atoms with Crippen LogP contribution in [0.4, 0.5) is 9.59 Å². The molecule has 10 heavy (non-hydrogen) atoms. The van der Waals surface area contributed by atoms with E-state index in [0.717, 1.165) is 0 Å². The highest BCUT2D eigenvalue weighted by molar-refractivity contribution is 5.53. The minimum Gasteiger partial charge on any atom is -0.450 e. The van der Waals surface area contributed by atoms with Crippen molar-refractivity contribution in [3.05, 3.63) is 0 Å². The Kier molecular flexibility index (Phi) is 24.7. The van der Waals surface area contributed by atoms with Crippen LogP contribution in [-0.4, -0.2) is 32.7 Å². The molecule has 0 amide bonds. The largest absolute Gasteiger partial charge is 0.503 e. The molecule has 0 aromatic heterocycles. The number of rotatable bonds is 0. The van der Waals surface area contributed by atoms with Crippen molar-refractivity contribution in [3.63, 3.8) is 0 Å². The maximum atomic E-state index is 8.56. The van der Waals surface area contributed by atoms with Gasteiger partial charge in [0.1, 0.15) is 0 Å². The number of carbonyl (C=O) groups is 2. The number of terminal acetylenes is 1. The summed E-state index contributed by atoms with van der Waals surface area (Å²) in [5, 5.41) is 27.9. The Hall–Kier alpha value is -1.90. The standard InChI is InChI=1S/C2H2.2CH2O3/c1-2;2*2-1(3)4/h1-2H;2*(H2,2,3,4). The predicted octanol–water partition coefficient (Wildman–Crippen LogP) is 0.694. The zero-order valence-electron chi connectivity index (χ0n) is 4.76. The summed E-state index contributed by atoms with van der Waals surface area (Å²) in [7, 11) is 0. The van der Waals surface area contributed by atoms with Crippen LogP contribution < -0.4 is 0 Å². The molecule has 0 unspecified atom stereocenters. The molecule has 0 saturated heterocycles. The van der Waals surface area contributed by atoms with Gasteiger partial charge < -0.3 is 20.4 Å². The van der Waals surface area contributed by atoms with Crippen LogP contribution in [0, 0.1) is 12.8 Å². The lowest BCUT2D eigenvalue weighted by Gasteiger charge is -1.60. The highest BCUT2D eigenvalue weighted by atomic mass is 16.6. The summed E-state index contributed by atoms with van der Waals surface area (Å²) in [6.45, 7) is 0. The smallest absolute Gasteiger partial charge is 0.450 e. The third-order valence-electron chi connectivity index (χ3n) is 0. The van der Waals surface area contributed by atoms with Crippen LogP contribution in [-0.2, 0) is 0 Å². The van der Waals surface area contributed by atoms with Crippen LogP contribution in [0.3, 0.4) is 0 Å². The summed E-state index contributed by atoms with van der Waals surface area (Å²) in [6.07, 6.45) is 4.33. The molecule has 0 fully saturated rings. The first-order chi connectivity index (χ1) is 4.46. The molecule has 0 saturated carbocycles. The van der Waals surface area contributed by atoms with Crippen molar-refractivity contribution in [1.29, 1.82) is 0 Å². The topological polar surface area (TPSA) is 115 Å². The van der Waals surface area contributed by atoms with E-state index in [1.807, 2.05) is 0 Å². The fourth-order valence-corrected chi connectivity index (χ4v) is 0. The zero-order chi connectivity index (χ0) is 9.15. The molecule has 0 radical (unpaired) electrons. The molecular formula is C4H6O6. The minimum absolute atomic E-state index is 1.83. The van der Waals surface area contributed by atoms with Crippen molar-refractivity contribution >= 4 is 12.3 Å². The van der Waals surface area contributed by atoms with Gasteiger partial charge in [-0.2, -0.15) is 0 Å². The number of hydrogen-bond acceptors (Lipinski definition) is 2. The Morgan fingerprint density at radius 3 is 0.800 bits per heavy atom. The highest BCUT2D eigenvalue weighted by Gasteiger charge is 1.70. The van der Waals surface area contributed by atoms with E-state index in [0.29, 0.717) is 0 Å². The summed E-state index contributed by atoms with van der Waals surface area (Å²) in [6, 6.07) is 0. The third kappa shape index (κ3) is 44.0. The fraction of sp³-hybridized carbons (Fsp3) is 0. The number of carboxylic acid groups (broad SMARTS) is 4. The monoisotopic (exact) mass is 150 g/mol. The van der Waals surface area contributed by atoms with Crippen molar-refractivity contribution in [3.8, 4) is 12.8 Å². The van der Waals surface area contributed by atoms with Gasteiger partial charge >= 0.3 is 12.3 Å². The van der Waals surface area contributed by atoms with Crippen LogP contribution in [0.25, 0.3) is 0 Å². The molecule has 0 bridgehead atoms. The predicted molar refractivity (Wildman–Crippen MR) is 31.2 cm³/mol. The highest BCUT2D eigenvalue weighted by Crippen LogP contribution is 1.43. The van der Waals surface area contributed by atoms with Gasteiger partial charge in [0.15, 0.2) is 0 Å². The Labute approximate surface area is 56.3 Å². The van der Waals surface area contributed by atoms with Crippen molar-refractivity contribution in [2.24, 2.45) is 0 Å². The second-order valence-electron chi connectivity index (χ2n) is 0.565. The normalized spacial score (nSPS) is 5.00. The van der Waals surface area contributed by atoms with Crippen LogP contribution in [0.5, 0.6) is 0 Å². The third-order valence-corrected chi connectivity index (χ3v) is 0. The molecule has 6 heteroatoms. The Bertz CT molecular complexity index is 94.2. The first kappa shape index (κ1) is 15.7. The second kappa shape index (κ2) is 15.7. The van der Waals surface area contributed by atoms with Crippen molar-refractivity contribution in [1.82, 2.24) is 0 Å². The molecule has 0 atom stereocenters. The maximum absolute atomic E-state index is 8.56. The summed E-state index contributed by atoms with van der Waals surface area (Å²) < 4.78 is 0. The van der Waals surface area contributed by atoms with Gasteiger partial charge in [-0.05, 0) is 0 Å². The summed E-state index contributed by atoms with van der Waals surface area (Å²) in [5.74, 6) is 0. The van der Waals surface area contributed by atoms with Crippen LogP contribution in [0.2, 0.25) is 0 Å². The van der Waals surface area contributed by atoms with Crippen LogP contribution in [0.1, 0.15) is 0 Å². The fourth-order valence-electron chi connectivity index (χ4n) is 0. The second-order valence-corrected chi connectivity index (χ2v) is 0.565. The molecule has 0 aliphatic rings. The Balaban J connectivity index is -0.0000000787. The first-order valence-electron chi connectivity index (χ1n) is 1.64. The zero-order valence-corrected chi connectivity index (χ0v) is 4.76. The average molecular weight is 150 g/mol. The molecule has 0 aliphatic carbocycles. The van der Waals surface area contributed by atoms with Gasteiger partial charge in [-0.15, -0.1) is 12.8 Å². The lowest BCUT2D eigenvalue weighted by molar-refractivity contribution is 0.135. The van der Waals surface area contributed by atoms with Gasteiger partial charge in [0.05, 0.1) is 0 Å². The molecule has 0 rings (SSSR count). The minimum atomic E-state index is -1.83. The molecule has 0 aliphatic heterocycles. The molecule has 0 aromatic carbocycles. The molecule has 58 valence electrons. The summed E-state index contributed by atoms with van der Waals surface area (Å²) in [5.41, 5.74) is 0. The van der Waals surface area contributed by atoms with Crippen molar-refractivity contribution in [2.45, 2.75) is 0 Å². The summed E-state index contributed by atoms with van der Waals surface area (Å²) >= 11 is 0. The van der Waals surface area contributed by atoms with E-state index >= 15 is 0 Å². The lowest BCUT2D eigenvalue weighted by Crippen LogP contribution is -1.81. The van der Waals surface area contributed by atoms with E-state index in [-0.39, 0.29) is 0 Å². The van der Waals surface area contributed by atoms with E-state index in [1.165, 1.54) is 0 Å². The van der Waals surface area contributed by atoms with Gasteiger partial charge in [-0.1, -0.05) is 0 Å². The van der Waals surface area contributed by atoms with Gasteiger partial charge in [0, 0.05) is 0 Å². The van der Waals surface area contributed by atoms with Gasteiger partial charge in [0.25, 0.3) is 0 Å². The van der Waals surface area contributed by atoms with Gasteiger partial charge in [0.2, 0.25) is 0 Å². The molecule has 4 N–H and O–H groups in total. The molecular weight excluding hydrogens is 144 g/mol. The quantitative estimate of drug-likeness (QED) is 0.377. The number of hydrogen-bond donors (Lipinski definition) is 4. The first-order valence-corrected chi connectivity index (χ1v) is 1.64. The SMILES string of the molecule is C#C.O=C(O)O.O=C(O)O. The lowest BCUT2D eigenvalue weighted by atomic mass is 11.4. The van der Waals surface area contributed by atoms with Crippen LogP contribution >= 0.6 is 0 Å². The molecule has 0 spiro atoms. The molecule has 0 aromatic rings. The average Bonchev–Trinajstić information content (AvgIpc) is 1.66. The van der Waals surface area contributed by atoms with Crippen LogP contribution in [0.15, 0.2) is 0 Å². The molecule has 6 nitrogen and oxygen atoms in total. The van der Waals surface area contributed by atoms with Gasteiger partial charge in [-0.25, -0.2) is 9.59 Å². The Morgan fingerprint density at radius 2 is 0.800 bits per heavy atom. The van der Waals surface area contributed by atoms with Gasteiger partial charge in [-0.3, -0.25) is 0 Å². The van der Waals surface area contributed by atoms with E-state index < -0.39 is 12.3 Å². The Morgan fingerprint density at radius 1 is 0.800 bits per heavy atom. The van der Waals surface area contributed by atoms with Crippen molar-refractivity contribution in [2.75, 3.05) is 0 Å². The van der Waals surface area contributed by atoms with E-state index in [9.17, 15) is 0 Å². The maximum Gasteiger partial charge on any atom is 0.503 e. The summed E-state index contributed by atoms with van der Waals surface area (Å²) in [4.78, 5) is 17.1. The van der Waals surface area contributed by atoms with Crippen molar-refractivity contribution < 1.29 is 30.0 Å². The van der Waals surface area contributed by atoms with E-state index in [1.54, 1.807) is 0 Å². The van der Waals surface area contributed by atoms with E-state index in [4.69, 9.17) is 30.0 Å². The molecule has 0 heterocycles. The van der Waals surface area contributed by atoms with E-state index in [2.05, 4.69) is 12.8 Å².